The van der Waals surface area contributed by atoms with E-state index in [2.05, 4.69) is 10.00 Å². The lowest BCUT2D eigenvalue weighted by atomic mass is 9.99. The summed E-state index contributed by atoms with van der Waals surface area (Å²) >= 11 is 0. The Hall–Kier alpha value is -2.06. The summed E-state index contributed by atoms with van der Waals surface area (Å²) in [6.45, 7) is 2.43. The second kappa shape index (κ2) is 8.36. The topological polar surface area (TPSA) is 52.3 Å². The number of hydrogen-bond acceptors (Lipinski definition) is 4. The van der Waals surface area contributed by atoms with Gasteiger partial charge in [-0.15, -0.1) is 0 Å². The fourth-order valence-corrected chi connectivity index (χ4v) is 4.69. The molecule has 0 amide bonds. The first-order valence-corrected chi connectivity index (χ1v) is 10.3. The lowest BCUT2D eigenvalue weighted by molar-refractivity contribution is -0.0343. The summed E-state index contributed by atoms with van der Waals surface area (Å²) in [6.07, 6.45) is 2.78. The smallest absolute Gasteiger partial charge is 0.345 e. The van der Waals surface area contributed by atoms with Crippen LogP contribution in [0.5, 0.6) is 0 Å². The molecule has 2 fully saturated rings. The molecular weight excluding hydrogens is 378 g/mol. The second-order valence-corrected chi connectivity index (χ2v) is 8.28. The van der Waals surface area contributed by atoms with Gasteiger partial charge in [-0.1, -0.05) is 12.1 Å². The van der Waals surface area contributed by atoms with Crippen molar-refractivity contribution < 1.29 is 13.5 Å². The van der Waals surface area contributed by atoms with E-state index in [1.165, 1.54) is 21.4 Å². The van der Waals surface area contributed by atoms with Crippen LogP contribution in [-0.2, 0) is 24.9 Å². The third-order valence-corrected chi connectivity index (χ3v) is 6.25. The SMILES string of the molecule is Cc1nn(C[C@@H](F)CN2C3CCC2CC(OCc2cccc(F)c2)C3)c(=O)n1C. The lowest BCUT2D eigenvalue weighted by Gasteiger charge is -2.39. The van der Waals surface area contributed by atoms with Crippen molar-refractivity contribution >= 4 is 0 Å². The normalized spacial score (nSPS) is 25.4. The van der Waals surface area contributed by atoms with Crippen LogP contribution in [0.3, 0.4) is 0 Å². The Bertz CT molecular complexity index is 898. The largest absolute Gasteiger partial charge is 0.373 e. The van der Waals surface area contributed by atoms with Crippen LogP contribution in [0.2, 0.25) is 0 Å². The quantitative estimate of drug-likeness (QED) is 0.709. The molecule has 2 unspecified atom stereocenters. The maximum atomic E-state index is 14.8. The van der Waals surface area contributed by atoms with Gasteiger partial charge in [0.15, 0.2) is 0 Å². The predicted octanol–water partition coefficient (Wildman–Crippen LogP) is 2.58. The number of rotatable bonds is 7. The zero-order valence-electron chi connectivity index (χ0n) is 16.9. The van der Waals surface area contributed by atoms with Crippen LogP contribution < -0.4 is 5.69 Å². The molecule has 0 radical (unpaired) electrons. The van der Waals surface area contributed by atoms with Crippen molar-refractivity contribution in [2.75, 3.05) is 6.54 Å². The summed E-state index contributed by atoms with van der Waals surface area (Å²) < 4.78 is 36.8. The Morgan fingerprint density at radius 3 is 2.59 bits per heavy atom. The summed E-state index contributed by atoms with van der Waals surface area (Å²) in [7, 11) is 1.64. The van der Waals surface area contributed by atoms with Gasteiger partial charge in [0.2, 0.25) is 0 Å². The standard InChI is InChI=1S/C21H28F2N4O2/c1-14-24-27(21(28)25(14)2)12-17(23)11-26-18-6-7-19(26)10-20(9-18)29-13-15-4-3-5-16(22)8-15/h3-5,8,17-20H,6-7,9-13H2,1-2H3/t17-,18?,19?,20?/m0/s1. The van der Waals surface area contributed by atoms with E-state index < -0.39 is 6.17 Å². The van der Waals surface area contributed by atoms with E-state index >= 15 is 0 Å². The predicted molar refractivity (Wildman–Crippen MR) is 105 cm³/mol. The molecule has 2 bridgehead atoms. The van der Waals surface area contributed by atoms with E-state index in [1.807, 2.05) is 6.07 Å². The monoisotopic (exact) mass is 406 g/mol. The zero-order valence-corrected chi connectivity index (χ0v) is 16.9. The summed E-state index contributed by atoms with van der Waals surface area (Å²) in [6, 6.07) is 7.07. The second-order valence-electron chi connectivity index (χ2n) is 8.28. The number of piperidine rings is 1. The van der Waals surface area contributed by atoms with Crippen molar-refractivity contribution in [3.63, 3.8) is 0 Å². The van der Waals surface area contributed by atoms with Crippen molar-refractivity contribution in [1.82, 2.24) is 19.2 Å². The molecule has 1 aromatic carbocycles. The van der Waals surface area contributed by atoms with Gasteiger partial charge in [0, 0.05) is 25.7 Å². The summed E-state index contributed by atoms with van der Waals surface area (Å²) in [5.74, 6) is 0.329. The Morgan fingerprint density at radius 2 is 1.97 bits per heavy atom. The van der Waals surface area contributed by atoms with Crippen LogP contribution in [0, 0.1) is 12.7 Å². The van der Waals surface area contributed by atoms with Crippen LogP contribution in [-0.4, -0.2) is 50.2 Å². The van der Waals surface area contributed by atoms with Crippen LogP contribution in [0.1, 0.15) is 37.1 Å². The van der Waals surface area contributed by atoms with Crippen molar-refractivity contribution in [2.24, 2.45) is 7.05 Å². The average molecular weight is 406 g/mol. The van der Waals surface area contributed by atoms with Gasteiger partial charge in [-0.2, -0.15) is 5.10 Å². The molecule has 0 aliphatic carbocycles. The molecular formula is C21H28F2N4O2. The van der Waals surface area contributed by atoms with Gasteiger partial charge in [0.1, 0.15) is 17.8 Å². The number of aryl methyl sites for hydroxylation is 1. The van der Waals surface area contributed by atoms with Gasteiger partial charge in [-0.3, -0.25) is 9.47 Å². The third kappa shape index (κ3) is 4.43. The Balaban J connectivity index is 1.31. The fraction of sp³-hybridized carbons (Fsp3) is 0.619. The van der Waals surface area contributed by atoms with Gasteiger partial charge >= 0.3 is 5.69 Å². The van der Waals surface area contributed by atoms with Crippen molar-refractivity contribution in [3.8, 4) is 0 Å². The van der Waals surface area contributed by atoms with Crippen molar-refractivity contribution in [1.29, 1.82) is 0 Å². The number of halogens is 2. The van der Waals surface area contributed by atoms with E-state index in [9.17, 15) is 13.6 Å². The van der Waals surface area contributed by atoms with E-state index in [1.54, 1.807) is 20.0 Å². The van der Waals surface area contributed by atoms with Crippen LogP contribution >= 0.6 is 0 Å². The Kier molecular flexibility index (Phi) is 5.83. The highest BCUT2D eigenvalue weighted by Crippen LogP contribution is 2.37. The number of nitrogens with zero attached hydrogens (tertiary/aromatic N) is 4. The molecule has 3 heterocycles. The number of hydrogen-bond donors (Lipinski definition) is 0. The maximum absolute atomic E-state index is 14.8. The first-order valence-electron chi connectivity index (χ1n) is 10.3. The molecule has 2 aromatic rings. The molecule has 6 nitrogen and oxygen atoms in total. The average Bonchev–Trinajstić information content (AvgIpc) is 3.05. The number of aromatic nitrogens is 3. The summed E-state index contributed by atoms with van der Waals surface area (Å²) in [5.41, 5.74) is 0.553. The Labute approximate surface area is 169 Å². The van der Waals surface area contributed by atoms with Gasteiger partial charge in [0.25, 0.3) is 0 Å². The number of ether oxygens (including phenoxy) is 1. The highest BCUT2D eigenvalue weighted by atomic mass is 19.1. The maximum Gasteiger partial charge on any atom is 0.345 e. The zero-order chi connectivity index (χ0) is 20.5. The molecule has 158 valence electrons. The van der Waals surface area contributed by atoms with Crippen LogP contribution in [0.4, 0.5) is 8.78 Å². The molecule has 3 atom stereocenters. The third-order valence-electron chi connectivity index (χ3n) is 6.25. The van der Waals surface area contributed by atoms with E-state index in [0.29, 0.717) is 31.1 Å². The molecule has 2 saturated heterocycles. The van der Waals surface area contributed by atoms with Crippen molar-refractivity contribution in [3.05, 3.63) is 52.0 Å². The highest BCUT2D eigenvalue weighted by molar-refractivity contribution is 5.15. The highest BCUT2D eigenvalue weighted by Gasteiger charge is 2.41. The first kappa shape index (κ1) is 20.2. The minimum absolute atomic E-state index is 0.0179. The molecule has 8 heteroatoms. The van der Waals surface area contributed by atoms with Gasteiger partial charge < -0.3 is 4.74 Å². The van der Waals surface area contributed by atoms with E-state index in [0.717, 1.165) is 31.2 Å². The van der Waals surface area contributed by atoms with Crippen LogP contribution in [0.15, 0.2) is 29.1 Å². The van der Waals surface area contributed by atoms with E-state index in [4.69, 9.17) is 4.74 Å². The molecule has 4 rings (SSSR count). The Morgan fingerprint density at radius 1 is 1.24 bits per heavy atom. The molecule has 2 aliphatic heterocycles. The summed E-state index contributed by atoms with van der Waals surface area (Å²) in [4.78, 5) is 14.3. The molecule has 0 spiro atoms. The molecule has 29 heavy (non-hydrogen) atoms. The van der Waals surface area contributed by atoms with E-state index in [-0.39, 0.29) is 24.2 Å². The molecule has 1 aromatic heterocycles. The van der Waals surface area contributed by atoms with Gasteiger partial charge in [-0.05, 0) is 50.3 Å². The minimum Gasteiger partial charge on any atom is -0.373 e. The first-order chi connectivity index (χ1) is 13.9. The van der Waals surface area contributed by atoms with Crippen LogP contribution in [0.25, 0.3) is 0 Å². The number of fused-ring (bicyclic) bond motifs is 2. The van der Waals surface area contributed by atoms with Gasteiger partial charge in [0.05, 0.1) is 19.3 Å². The molecule has 2 aliphatic rings. The fourth-order valence-electron chi connectivity index (χ4n) is 4.69. The van der Waals surface area contributed by atoms with Gasteiger partial charge in [-0.25, -0.2) is 18.3 Å². The minimum atomic E-state index is -1.14. The number of alkyl halides is 1. The molecule has 0 N–H and O–H groups in total. The van der Waals surface area contributed by atoms with Crippen molar-refractivity contribution in [2.45, 2.75) is 70.1 Å². The number of benzene rings is 1. The molecule has 0 saturated carbocycles. The summed E-state index contributed by atoms with van der Waals surface area (Å²) in [5, 5.41) is 4.13. The lowest BCUT2D eigenvalue weighted by Crippen LogP contribution is -2.48.